The van der Waals surface area contributed by atoms with E-state index in [1.54, 1.807) is 18.0 Å². The van der Waals surface area contributed by atoms with Crippen molar-refractivity contribution in [2.75, 3.05) is 18.5 Å². The summed E-state index contributed by atoms with van der Waals surface area (Å²) in [5.41, 5.74) is 3.65. The van der Waals surface area contributed by atoms with Crippen molar-refractivity contribution in [2.45, 2.75) is 44.1 Å². The number of nitrogens with one attached hydrogen (secondary N) is 1. The second-order valence-corrected chi connectivity index (χ2v) is 8.21. The molecule has 2 aromatic heterocycles. The molecule has 2 heterocycles. The summed E-state index contributed by atoms with van der Waals surface area (Å²) >= 11 is 1.62. The van der Waals surface area contributed by atoms with Crippen molar-refractivity contribution in [3.05, 3.63) is 77.2 Å². The van der Waals surface area contributed by atoms with Crippen LogP contribution in [0.3, 0.4) is 0 Å². The molecule has 1 aromatic carbocycles. The molecule has 0 fully saturated rings. The Hall–Kier alpha value is -2.93. The minimum atomic E-state index is -0.104. The average Bonchev–Trinajstić information content (AvgIpc) is 2.82. The monoisotopic (exact) mass is 435 g/mol. The van der Waals surface area contributed by atoms with Crippen molar-refractivity contribution in [3.8, 4) is 0 Å². The summed E-state index contributed by atoms with van der Waals surface area (Å²) in [6.07, 6.45) is 3.68. The number of benzene rings is 1. The van der Waals surface area contributed by atoms with Gasteiger partial charge in [0.15, 0.2) is 5.16 Å². The van der Waals surface area contributed by atoms with Gasteiger partial charge in [-0.25, -0.2) is 9.97 Å². The molecule has 0 bridgehead atoms. The van der Waals surface area contributed by atoms with E-state index >= 15 is 0 Å². The molecule has 0 atom stereocenters. The quantitative estimate of drug-likeness (QED) is 0.373. The van der Waals surface area contributed by atoms with Crippen molar-refractivity contribution in [1.82, 2.24) is 20.3 Å². The van der Waals surface area contributed by atoms with Crippen LogP contribution in [0.1, 0.15) is 47.6 Å². The number of pyridine rings is 1. The number of amides is 1. The molecule has 0 aliphatic carbocycles. The Labute approximate surface area is 188 Å². The number of hydrogen-bond acceptors (Lipinski definition) is 6. The summed E-state index contributed by atoms with van der Waals surface area (Å²) < 4.78 is 0. The molecule has 0 saturated heterocycles. The molecule has 0 radical (unpaired) electrons. The summed E-state index contributed by atoms with van der Waals surface area (Å²) in [6.45, 7) is 5.65. The molecule has 3 rings (SSSR count). The van der Waals surface area contributed by atoms with Crippen molar-refractivity contribution >= 4 is 23.5 Å². The van der Waals surface area contributed by atoms with Gasteiger partial charge >= 0.3 is 0 Å². The first-order chi connectivity index (χ1) is 15.1. The number of rotatable bonds is 10. The Balaban J connectivity index is 1.58. The second-order valence-electron chi connectivity index (χ2n) is 7.26. The number of anilines is 1. The van der Waals surface area contributed by atoms with Crippen molar-refractivity contribution in [1.29, 1.82) is 0 Å². The first kappa shape index (κ1) is 22.7. The van der Waals surface area contributed by atoms with Crippen LogP contribution in [0.4, 0.5) is 5.82 Å². The maximum atomic E-state index is 12.4. The van der Waals surface area contributed by atoms with Gasteiger partial charge in [-0.1, -0.05) is 43.8 Å². The van der Waals surface area contributed by atoms with Crippen LogP contribution in [0.2, 0.25) is 0 Å². The fourth-order valence-electron chi connectivity index (χ4n) is 3.03. The topological polar surface area (TPSA) is 71.0 Å². The predicted octanol–water partition coefficient (Wildman–Crippen LogP) is 4.50. The molecule has 1 N–H and O–H groups in total. The smallest absolute Gasteiger partial charge is 0.251 e. The van der Waals surface area contributed by atoms with Gasteiger partial charge < -0.3 is 10.2 Å². The van der Waals surface area contributed by atoms with Crippen molar-refractivity contribution < 1.29 is 4.79 Å². The summed E-state index contributed by atoms with van der Waals surface area (Å²) in [4.78, 5) is 28.1. The molecule has 0 saturated carbocycles. The molecule has 7 heteroatoms. The molecular formula is C24H29N5OS. The number of aromatic nitrogens is 3. The fraction of sp³-hybridized carbons (Fsp3) is 0.333. The van der Waals surface area contributed by atoms with E-state index in [4.69, 9.17) is 4.98 Å². The fourth-order valence-corrected chi connectivity index (χ4v) is 3.85. The number of carbonyl (C=O) groups is 1. The number of hydrogen-bond donors (Lipinski definition) is 1. The third-order valence-electron chi connectivity index (χ3n) is 4.80. The highest BCUT2D eigenvalue weighted by Crippen LogP contribution is 2.23. The maximum Gasteiger partial charge on any atom is 0.251 e. The van der Waals surface area contributed by atoms with Crippen LogP contribution in [0.5, 0.6) is 0 Å². The molecule has 162 valence electrons. The van der Waals surface area contributed by atoms with Gasteiger partial charge in [-0.05, 0) is 42.7 Å². The van der Waals surface area contributed by atoms with E-state index in [0.29, 0.717) is 12.1 Å². The summed E-state index contributed by atoms with van der Waals surface area (Å²) in [7, 11) is 2.07. The van der Waals surface area contributed by atoms with Gasteiger partial charge in [0.05, 0.1) is 12.2 Å². The highest BCUT2D eigenvalue weighted by molar-refractivity contribution is 7.98. The van der Waals surface area contributed by atoms with Crippen LogP contribution in [0.25, 0.3) is 0 Å². The number of aryl methyl sites for hydroxylation is 1. The highest BCUT2D eigenvalue weighted by Gasteiger charge is 2.09. The number of carbonyl (C=O) groups excluding carboxylic acids is 1. The van der Waals surface area contributed by atoms with E-state index in [-0.39, 0.29) is 5.91 Å². The van der Waals surface area contributed by atoms with Gasteiger partial charge in [-0.3, -0.25) is 9.78 Å². The van der Waals surface area contributed by atoms with Crippen LogP contribution >= 0.6 is 11.8 Å². The molecule has 1 amide bonds. The summed E-state index contributed by atoms with van der Waals surface area (Å²) in [6, 6.07) is 15.4. The minimum Gasteiger partial charge on any atom is -0.360 e. The Morgan fingerprint density at radius 2 is 1.87 bits per heavy atom. The zero-order valence-electron chi connectivity index (χ0n) is 18.3. The molecule has 0 spiro atoms. The summed E-state index contributed by atoms with van der Waals surface area (Å²) in [5.74, 6) is 1.61. The third kappa shape index (κ3) is 6.79. The lowest BCUT2D eigenvalue weighted by atomic mass is 10.1. The standard InChI is InChI=1S/C24H29N5OS/c1-4-14-29(3)22-15-20(5-2)27-24(28-22)31-17-18-9-11-19(12-10-18)23(30)26-16-21-8-6-7-13-25-21/h6-13,15H,4-5,14,16-17H2,1-3H3,(H,26,30). The van der Waals surface area contributed by atoms with Gasteiger partial charge in [0.25, 0.3) is 5.91 Å². The van der Waals surface area contributed by atoms with E-state index < -0.39 is 0 Å². The summed E-state index contributed by atoms with van der Waals surface area (Å²) in [5, 5.41) is 3.69. The zero-order chi connectivity index (χ0) is 22.1. The normalized spacial score (nSPS) is 10.7. The van der Waals surface area contributed by atoms with E-state index in [0.717, 1.165) is 53.1 Å². The maximum absolute atomic E-state index is 12.4. The number of thioether (sulfide) groups is 1. The van der Waals surface area contributed by atoms with Gasteiger partial charge in [-0.15, -0.1) is 0 Å². The molecule has 31 heavy (non-hydrogen) atoms. The van der Waals surface area contributed by atoms with Crippen molar-refractivity contribution in [2.24, 2.45) is 0 Å². The van der Waals surface area contributed by atoms with Crippen LogP contribution in [-0.2, 0) is 18.7 Å². The Morgan fingerprint density at radius 3 is 2.55 bits per heavy atom. The Bertz CT molecular complexity index is 979. The van der Waals surface area contributed by atoms with Crippen LogP contribution in [0, 0.1) is 0 Å². The lowest BCUT2D eigenvalue weighted by molar-refractivity contribution is 0.0950. The molecular weight excluding hydrogens is 406 g/mol. The Morgan fingerprint density at radius 1 is 1.06 bits per heavy atom. The number of nitrogens with zero attached hydrogens (tertiary/aromatic N) is 4. The first-order valence-corrected chi connectivity index (χ1v) is 11.6. The van der Waals surface area contributed by atoms with Crippen LogP contribution in [-0.4, -0.2) is 34.5 Å². The van der Waals surface area contributed by atoms with Gasteiger partial charge in [-0.2, -0.15) is 0 Å². The second kappa shape index (κ2) is 11.5. The largest absolute Gasteiger partial charge is 0.360 e. The molecule has 0 unspecified atom stereocenters. The van der Waals surface area contributed by atoms with Crippen molar-refractivity contribution in [3.63, 3.8) is 0 Å². The third-order valence-corrected chi connectivity index (χ3v) is 5.72. The van der Waals surface area contributed by atoms with E-state index in [1.807, 2.05) is 42.5 Å². The average molecular weight is 436 g/mol. The van der Waals surface area contributed by atoms with Gasteiger partial charge in [0.1, 0.15) is 5.82 Å². The predicted molar refractivity (Wildman–Crippen MR) is 126 cm³/mol. The molecule has 6 nitrogen and oxygen atoms in total. The van der Waals surface area contributed by atoms with E-state index in [9.17, 15) is 4.79 Å². The zero-order valence-corrected chi connectivity index (χ0v) is 19.2. The van der Waals surface area contributed by atoms with Crippen LogP contribution in [0.15, 0.2) is 59.9 Å². The van der Waals surface area contributed by atoms with E-state index in [2.05, 4.69) is 47.1 Å². The lowest BCUT2D eigenvalue weighted by Crippen LogP contribution is -2.23. The molecule has 0 aliphatic heterocycles. The van der Waals surface area contributed by atoms with Gasteiger partial charge in [0, 0.05) is 42.9 Å². The lowest BCUT2D eigenvalue weighted by Gasteiger charge is -2.18. The SMILES string of the molecule is CCCN(C)c1cc(CC)nc(SCc2ccc(C(=O)NCc3ccccn3)cc2)n1. The van der Waals surface area contributed by atoms with Crippen LogP contribution < -0.4 is 10.2 Å². The highest BCUT2D eigenvalue weighted by atomic mass is 32.2. The minimum absolute atomic E-state index is 0.104. The van der Waals surface area contributed by atoms with E-state index in [1.165, 1.54) is 0 Å². The molecule has 0 aliphatic rings. The van der Waals surface area contributed by atoms with Gasteiger partial charge in [0.2, 0.25) is 0 Å². The molecule has 3 aromatic rings. The Kier molecular flexibility index (Phi) is 8.41. The first-order valence-electron chi connectivity index (χ1n) is 10.6.